The Bertz CT molecular complexity index is 584. The maximum absolute atomic E-state index is 10.9. The topological polar surface area (TPSA) is 102 Å². The van der Waals surface area contributed by atoms with E-state index in [4.69, 9.17) is 19.7 Å². The van der Waals surface area contributed by atoms with Crippen LogP contribution in [0.4, 0.5) is 0 Å². The quantitative estimate of drug-likeness (QED) is 0.810. The first-order valence-electron chi connectivity index (χ1n) is 5.20. The van der Waals surface area contributed by atoms with E-state index in [1.54, 1.807) is 0 Å². The molecule has 3 N–H and O–H groups in total. The molecule has 1 atom stereocenters. The minimum Gasteiger partial charge on any atom is -0.475 e. The van der Waals surface area contributed by atoms with Crippen molar-refractivity contribution in [3.05, 3.63) is 29.5 Å². The van der Waals surface area contributed by atoms with Gasteiger partial charge in [-0.25, -0.2) is 9.78 Å². The van der Waals surface area contributed by atoms with Gasteiger partial charge < -0.3 is 19.7 Å². The van der Waals surface area contributed by atoms with E-state index in [0.29, 0.717) is 30.2 Å². The van der Waals surface area contributed by atoms with Crippen LogP contribution in [0.1, 0.15) is 27.8 Å². The summed E-state index contributed by atoms with van der Waals surface area (Å²) in [5.74, 6) is -0.0149. The highest BCUT2D eigenvalue weighted by molar-refractivity contribution is 5.86. The number of aromatic carboxylic acids is 1. The predicted molar refractivity (Wildman–Crippen MR) is 56.7 cm³/mol. The highest BCUT2D eigenvalue weighted by Gasteiger charge is 2.32. The third kappa shape index (κ3) is 1.38. The average Bonchev–Trinajstić information content (AvgIpc) is 2.92. The van der Waals surface area contributed by atoms with Gasteiger partial charge >= 0.3 is 5.97 Å². The van der Waals surface area contributed by atoms with Crippen LogP contribution < -0.4 is 5.73 Å². The van der Waals surface area contributed by atoms with Crippen LogP contribution in [-0.2, 0) is 6.42 Å². The second-order valence-corrected chi connectivity index (χ2v) is 3.96. The van der Waals surface area contributed by atoms with Crippen molar-refractivity contribution in [2.75, 3.05) is 6.54 Å². The summed E-state index contributed by atoms with van der Waals surface area (Å²) < 4.78 is 10.5. The summed E-state index contributed by atoms with van der Waals surface area (Å²) >= 11 is 0. The Morgan fingerprint density at radius 2 is 2.47 bits per heavy atom. The number of nitrogens with two attached hydrogens (primary N) is 1. The zero-order chi connectivity index (χ0) is 12.0. The molecular formula is C11H10N2O4. The van der Waals surface area contributed by atoms with Gasteiger partial charge in [-0.05, 0) is 12.6 Å². The van der Waals surface area contributed by atoms with Crippen LogP contribution in [-0.4, -0.2) is 22.6 Å². The summed E-state index contributed by atoms with van der Waals surface area (Å²) in [6.45, 7) is 0.408. The number of carbonyl (C=O) groups is 1. The van der Waals surface area contributed by atoms with Gasteiger partial charge in [-0.2, -0.15) is 0 Å². The van der Waals surface area contributed by atoms with Gasteiger partial charge in [0.2, 0.25) is 5.76 Å². The molecule has 1 unspecified atom stereocenters. The minimum atomic E-state index is -1.10. The molecule has 2 heterocycles. The number of carboxylic acid groups (broad SMARTS) is 1. The standard InChI is InChI=1S/C11H10N2O4/c12-3-5-1-7-9(13-4-16-7)10-6(5)2-8(17-10)11(14)15/h2,4-5H,1,3,12H2,(H,14,15). The van der Waals surface area contributed by atoms with Crippen molar-refractivity contribution in [1.29, 1.82) is 0 Å². The van der Waals surface area contributed by atoms with E-state index in [-0.39, 0.29) is 11.7 Å². The van der Waals surface area contributed by atoms with Crippen LogP contribution in [0.25, 0.3) is 11.5 Å². The lowest BCUT2D eigenvalue weighted by Crippen LogP contribution is -2.18. The van der Waals surface area contributed by atoms with Crippen molar-refractivity contribution in [3.63, 3.8) is 0 Å². The van der Waals surface area contributed by atoms with E-state index in [0.717, 1.165) is 5.56 Å². The van der Waals surface area contributed by atoms with Crippen molar-refractivity contribution in [3.8, 4) is 11.5 Å². The molecule has 3 rings (SSSR count). The summed E-state index contributed by atoms with van der Waals surface area (Å²) in [4.78, 5) is 14.9. The molecule has 1 aliphatic rings. The Kier molecular flexibility index (Phi) is 2.05. The van der Waals surface area contributed by atoms with Crippen molar-refractivity contribution in [1.82, 2.24) is 4.98 Å². The zero-order valence-electron chi connectivity index (χ0n) is 8.84. The summed E-state index contributed by atoms with van der Waals surface area (Å²) in [5.41, 5.74) is 7.06. The third-order valence-electron chi connectivity index (χ3n) is 2.98. The molecule has 6 heteroatoms. The fraction of sp³-hybridized carbons (Fsp3) is 0.273. The average molecular weight is 234 g/mol. The van der Waals surface area contributed by atoms with E-state index in [1.165, 1.54) is 12.5 Å². The number of furan rings is 1. The van der Waals surface area contributed by atoms with Gasteiger partial charge in [-0.15, -0.1) is 0 Å². The van der Waals surface area contributed by atoms with Crippen molar-refractivity contribution in [2.45, 2.75) is 12.3 Å². The lowest BCUT2D eigenvalue weighted by Gasteiger charge is -2.17. The normalized spacial score (nSPS) is 17.6. The van der Waals surface area contributed by atoms with Crippen LogP contribution in [0.15, 0.2) is 21.3 Å². The molecule has 0 bridgehead atoms. The number of rotatable bonds is 2. The first-order chi connectivity index (χ1) is 8.20. The van der Waals surface area contributed by atoms with Crippen molar-refractivity contribution >= 4 is 5.97 Å². The predicted octanol–water partition coefficient (Wildman–Crippen LogP) is 1.23. The fourth-order valence-corrected chi connectivity index (χ4v) is 2.14. The molecule has 0 amide bonds. The number of fused-ring (bicyclic) bond motifs is 3. The van der Waals surface area contributed by atoms with Crippen molar-refractivity contribution in [2.24, 2.45) is 5.73 Å². The zero-order valence-corrected chi connectivity index (χ0v) is 8.84. The maximum atomic E-state index is 10.9. The van der Waals surface area contributed by atoms with Gasteiger partial charge in [-0.1, -0.05) is 0 Å². The first-order valence-corrected chi connectivity index (χ1v) is 5.20. The number of aromatic nitrogens is 1. The molecule has 2 aromatic heterocycles. The first kappa shape index (κ1) is 10.1. The summed E-state index contributed by atoms with van der Waals surface area (Å²) in [6.07, 6.45) is 1.95. The largest absolute Gasteiger partial charge is 0.475 e. The van der Waals surface area contributed by atoms with Gasteiger partial charge in [0.25, 0.3) is 0 Å². The monoisotopic (exact) mass is 234 g/mol. The summed E-state index contributed by atoms with van der Waals surface area (Å²) in [5, 5.41) is 8.92. The Hall–Kier alpha value is -2.08. The Morgan fingerprint density at radius 3 is 3.18 bits per heavy atom. The van der Waals surface area contributed by atoms with Gasteiger partial charge in [0.05, 0.1) is 0 Å². The molecule has 0 spiro atoms. The molecule has 2 aromatic rings. The minimum absolute atomic E-state index is 0.0160. The molecule has 0 aliphatic heterocycles. The van der Waals surface area contributed by atoms with E-state index in [2.05, 4.69) is 4.98 Å². The van der Waals surface area contributed by atoms with E-state index < -0.39 is 5.97 Å². The van der Waals surface area contributed by atoms with Crippen LogP contribution in [0, 0.1) is 0 Å². The second kappa shape index (κ2) is 3.46. The van der Waals surface area contributed by atoms with Gasteiger partial charge in [0, 0.05) is 17.9 Å². The summed E-state index contributed by atoms with van der Waals surface area (Å²) in [6, 6.07) is 1.52. The van der Waals surface area contributed by atoms with Gasteiger partial charge in [-0.3, -0.25) is 0 Å². The van der Waals surface area contributed by atoms with E-state index >= 15 is 0 Å². The molecule has 0 aromatic carbocycles. The Morgan fingerprint density at radius 1 is 1.65 bits per heavy atom. The molecule has 0 radical (unpaired) electrons. The number of hydrogen-bond donors (Lipinski definition) is 2. The number of carboxylic acids is 1. The van der Waals surface area contributed by atoms with Crippen LogP contribution >= 0.6 is 0 Å². The molecule has 1 aliphatic carbocycles. The van der Waals surface area contributed by atoms with Crippen LogP contribution in [0.2, 0.25) is 0 Å². The Labute approximate surface area is 96.0 Å². The maximum Gasteiger partial charge on any atom is 0.371 e. The molecule has 0 fully saturated rings. The van der Waals surface area contributed by atoms with Crippen LogP contribution in [0.3, 0.4) is 0 Å². The molecule has 0 saturated heterocycles. The highest BCUT2D eigenvalue weighted by Crippen LogP contribution is 2.40. The molecular weight excluding hydrogens is 224 g/mol. The van der Waals surface area contributed by atoms with E-state index in [9.17, 15) is 4.79 Å². The van der Waals surface area contributed by atoms with Crippen LogP contribution in [0.5, 0.6) is 0 Å². The van der Waals surface area contributed by atoms with Gasteiger partial charge in [0.1, 0.15) is 11.5 Å². The Balaban J connectivity index is 2.20. The lowest BCUT2D eigenvalue weighted by molar-refractivity contribution is 0.0663. The summed E-state index contributed by atoms with van der Waals surface area (Å²) in [7, 11) is 0. The smallest absolute Gasteiger partial charge is 0.371 e. The molecule has 6 nitrogen and oxygen atoms in total. The van der Waals surface area contributed by atoms with E-state index in [1.807, 2.05) is 0 Å². The van der Waals surface area contributed by atoms with Crippen molar-refractivity contribution < 1.29 is 18.7 Å². The highest BCUT2D eigenvalue weighted by atomic mass is 16.4. The number of hydrogen-bond acceptors (Lipinski definition) is 5. The third-order valence-corrected chi connectivity index (χ3v) is 2.98. The second-order valence-electron chi connectivity index (χ2n) is 3.96. The fourth-order valence-electron chi connectivity index (χ4n) is 2.14. The molecule has 0 saturated carbocycles. The molecule has 17 heavy (non-hydrogen) atoms. The molecule has 88 valence electrons. The number of oxazole rings is 1. The number of nitrogens with zero attached hydrogens (tertiary/aromatic N) is 1. The van der Waals surface area contributed by atoms with Gasteiger partial charge in [0.15, 0.2) is 12.2 Å². The SMILES string of the molecule is NCC1Cc2ocnc2-c2oc(C(=O)O)cc21. The lowest BCUT2D eigenvalue weighted by atomic mass is 9.88.